The maximum atomic E-state index is 12.9. The van der Waals surface area contributed by atoms with Gasteiger partial charge in [-0.25, -0.2) is 4.39 Å². The van der Waals surface area contributed by atoms with Gasteiger partial charge < -0.3 is 5.32 Å². The fourth-order valence-corrected chi connectivity index (χ4v) is 3.49. The largest absolute Gasteiger partial charge is 0.354 e. The molecule has 0 saturated heterocycles. The van der Waals surface area contributed by atoms with Crippen LogP contribution in [0, 0.1) is 5.82 Å². The van der Waals surface area contributed by atoms with Crippen LogP contribution in [0.2, 0.25) is 0 Å². The number of anilines is 1. The molecule has 4 nitrogen and oxygen atoms in total. The minimum absolute atomic E-state index is 0.00564. The summed E-state index contributed by atoms with van der Waals surface area (Å²) < 4.78 is 12.9. The lowest BCUT2D eigenvalue weighted by Gasteiger charge is -2.28. The minimum atomic E-state index is -0.553. The zero-order valence-electron chi connectivity index (χ0n) is 15.6. The Hall–Kier alpha value is -2.69. The van der Waals surface area contributed by atoms with Gasteiger partial charge in [-0.1, -0.05) is 30.3 Å². The van der Waals surface area contributed by atoms with Crippen molar-refractivity contribution in [1.29, 1.82) is 0 Å². The average Bonchev–Trinajstić information content (AvgIpc) is 2.84. The first-order valence-electron chi connectivity index (χ1n) is 9.48. The Morgan fingerprint density at radius 3 is 2.67 bits per heavy atom. The first-order chi connectivity index (χ1) is 13.1. The summed E-state index contributed by atoms with van der Waals surface area (Å²) in [4.78, 5) is 26.8. The predicted octanol–water partition coefficient (Wildman–Crippen LogP) is 3.63. The Bertz CT molecular complexity index is 804. The standard InChI is InChI=1S/C22H25FN2O2/c1-16(22(27)24-15-5-6-17-11-13-19(23)14-12-17)25-20-9-3-2-7-18(20)8-4-10-21(25)26/h2-3,7,9,11-14,16H,4-6,8,10,15H2,1H3,(H,24,27). The molecule has 27 heavy (non-hydrogen) atoms. The molecule has 1 N–H and O–H groups in total. The van der Waals surface area contributed by atoms with E-state index >= 15 is 0 Å². The molecule has 1 heterocycles. The molecule has 1 atom stereocenters. The third-order valence-electron chi connectivity index (χ3n) is 4.98. The summed E-state index contributed by atoms with van der Waals surface area (Å²) in [5, 5.41) is 2.93. The van der Waals surface area contributed by atoms with Crippen LogP contribution in [0.3, 0.4) is 0 Å². The molecule has 2 aromatic carbocycles. The quantitative estimate of drug-likeness (QED) is 0.792. The van der Waals surface area contributed by atoms with Gasteiger partial charge in [0.25, 0.3) is 0 Å². The molecule has 0 aromatic heterocycles. The normalized spacial score (nSPS) is 15.0. The summed E-state index contributed by atoms with van der Waals surface area (Å²) >= 11 is 0. The van der Waals surface area contributed by atoms with Gasteiger partial charge in [0.2, 0.25) is 11.8 Å². The van der Waals surface area contributed by atoms with Crippen molar-refractivity contribution >= 4 is 17.5 Å². The molecule has 0 spiro atoms. The van der Waals surface area contributed by atoms with Gasteiger partial charge in [0.05, 0.1) is 0 Å². The van der Waals surface area contributed by atoms with Crippen LogP contribution < -0.4 is 10.2 Å². The molecule has 0 saturated carbocycles. The summed E-state index contributed by atoms with van der Waals surface area (Å²) in [5.74, 6) is -0.406. The average molecular weight is 368 g/mol. The second-order valence-corrected chi connectivity index (χ2v) is 6.94. The van der Waals surface area contributed by atoms with Crippen LogP contribution in [0.15, 0.2) is 48.5 Å². The Morgan fingerprint density at radius 2 is 1.89 bits per heavy atom. The monoisotopic (exact) mass is 368 g/mol. The number of halogens is 1. The summed E-state index contributed by atoms with van der Waals surface area (Å²) in [6.45, 7) is 2.29. The molecule has 0 radical (unpaired) electrons. The Morgan fingerprint density at radius 1 is 1.15 bits per heavy atom. The van der Waals surface area contributed by atoms with Crippen LogP contribution in [-0.4, -0.2) is 24.4 Å². The number of nitrogens with one attached hydrogen (secondary N) is 1. The van der Waals surface area contributed by atoms with Crippen molar-refractivity contribution in [3.05, 3.63) is 65.5 Å². The van der Waals surface area contributed by atoms with Crippen LogP contribution in [0.5, 0.6) is 0 Å². The van der Waals surface area contributed by atoms with Crippen molar-refractivity contribution in [1.82, 2.24) is 5.32 Å². The highest BCUT2D eigenvalue weighted by Gasteiger charge is 2.30. The van der Waals surface area contributed by atoms with E-state index in [4.69, 9.17) is 0 Å². The van der Waals surface area contributed by atoms with Crippen molar-refractivity contribution < 1.29 is 14.0 Å². The molecule has 1 unspecified atom stereocenters. The van der Waals surface area contributed by atoms with Gasteiger partial charge in [-0.2, -0.15) is 0 Å². The fraction of sp³-hybridized carbons (Fsp3) is 0.364. The van der Waals surface area contributed by atoms with Crippen LogP contribution in [0.25, 0.3) is 0 Å². The van der Waals surface area contributed by atoms with E-state index in [0.29, 0.717) is 13.0 Å². The van der Waals surface area contributed by atoms with Crippen molar-refractivity contribution in [3.63, 3.8) is 0 Å². The molecule has 1 aliphatic rings. The van der Waals surface area contributed by atoms with Gasteiger partial charge in [0, 0.05) is 18.7 Å². The predicted molar refractivity (Wildman–Crippen MR) is 104 cm³/mol. The van der Waals surface area contributed by atoms with Crippen LogP contribution in [-0.2, 0) is 22.4 Å². The lowest BCUT2D eigenvalue weighted by atomic mass is 10.1. The number of hydrogen-bond acceptors (Lipinski definition) is 2. The molecule has 5 heteroatoms. The van der Waals surface area contributed by atoms with Gasteiger partial charge >= 0.3 is 0 Å². The maximum absolute atomic E-state index is 12.9. The smallest absolute Gasteiger partial charge is 0.242 e. The zero-order valence-corrected chi connectivity index (χ0v) is 15.6. The molecule has 0 bridgehead atoms. The zero-order chi connectivity index (χ0) is 19.2. The number of aryl methyl sites for hydroxylation is 2. The highest BCUT2D eigenvalue weighted by Crippen LogP contribution is 2.28. The van der Waals surface area contributed by atoms with E-state index in [1.807, 2.05) is 24.3 Å². The highest BCUT2D eigenvalue weighted by molar-refractivity contribution is 6.01. The lowest BCUT2D eigenvalue weighted by molar-refractivity contribution is -0.126. The molecule has 2 amide bonds. The SMILES string of the molecule is CC(C(=O)NCCCc1ccc(F)cc1)N1C(=O)CCCc2ccccc21. The van der Waals surface area contributed by atoms with E-state index in [-0.39, 0.29) is 17.6 Å². The highest BCUT2D eigenvalue weighted by atomic mass is 19.1. The lowest BCUT2D eigenvalue weighted by Crippen LogP contribution is -2.48. The summed E-state index contributed by atoms with van der Waals surface area (Å²) in [6, 6.07) is 13.6. The van der Waals surface area contributed by atoms with Gasteiger partial charge in [-0.15, -0.1) is 0 Å². The second-order valence-electron chi connectivity index (χ2n) is 6.94. The first-order valence-corrected chi connectivity index (χ1v) is 9.48. The van der Waals surface area contributed by atoms with Gasteiger partial charge in [0.15, 0.2) is 0 Å². The number of para-hydroxylation sites is 1. The van der Waals surface area contributed by atoms with Crippen molar-refractivity contribution in [2.24, 2.45) is 0 Å². The number of rotatable bonds is 6. The minimum Gasteiger partial charge on any atom is -0.354 e. The van der Waals surface area contributed by atoms with E-state index in [1.54, 1.807) is 24.0 Å². The summed E-state index contributed by atoms with van der Waals surface area (Å²) in [7, 11) is 0. The third kappa shape index (κ3) is 4.73. The topological polar surface area (TPSA) is 49.4 Å². The molecular weight excluding hydrogens is 343 g/mol. The number of nitrogens with zero attached hydrogens (tertiary/aromatic N) is 1. The first kappa shape index (κ1) is 19.1. The van der Waals surface area contributed by atoms with E-state index in [2.05, 4.69) is 5.32 Å². The van der Waals surface area contributed by atoms with Crippen molar-refractivity contribution in [2.45, 2.75) is 45.1 Å². The number of benzene rings is 2. The number of carbonyl (C=O) groups is 2. The van der Waals surface area contributed by atoms with Gasteiger partial charge in [0.1, 0.15) is 11.9 Å². The summed E-state index contributed by atoms with van der Waals surface area (Å²) in [6.07, 6.45) is 3.63. The van der Waals surface area contributed by atoms with Crippen molar-refractivity contribution in [2.75, 3.05) is 11.4 Å². The molecule has 3 rings (SSSR count). The molecule has 0 aliphatic carbocycles. The van der Waals surface area contributed by atoms with E-state index in [9.17, 15) is 14.0 Å². The van der Waals surface area contributed by atoms with E-state index in [0.717, 1.165) is 42.5 Å². The molecule has 2 aromatic rings. The number of fused-ring (bicyclic) bond motifs is 1. The number of carbonyl (C=O) groups excluding carboxylic acids is 2. The Balaban J connectivity index is 1.57. The van der Waals surface area contributed by atoms with Crippen LogP contribution >= 0.6 is 0 Å². The fourth-order valence-electron chi connectivity index (χ4n) is 3.49. The molecule has 0 fully saturated rings. The summed E-state index contributed by atoms with van der Waals surface area (Å²) in [5.41, 5.74) is 2.99. The Labute approximate surface area is 159 Å². The number of hydrogen-bond donors (Lipinski definition) is 1. The van der Waals surface area contributed by atoms with Crippen molar-refractivity contribution in [3.8, 4) is 0 Å². The number of amides is 2. The second kappa shape index (κ2) is 8.80. The van der Waals surface area contributed by atoms with Gasteiger partial charge in [-0.3, -0.25) is 14.5 Å². The van der Waals surface area contributed by atoms with Crippen LogP contribution in [0.4, 0.5) is 10.1 Å². The van der Waals surface area contributed by atoms with E-state index < -0.39 is 6.04 Å². The van der Waals surface area contributed by atoms with Crippen LogP contribution in [0.1, 0.15) is 37.3 Å². The third-order valence-corrected chi connectivity index (χ3v) is 4.98. The molecular formula is C22H25FN2O2. The van der Waals surface area contributed by atoms with E-state index in [1.165, 1.54) is 12.1 Å². The Kier molecular flexibility index (Phi) is 6.22. The maximum Gasteiger partial charge on any atom is 0.242 e. The molecule has 1 aliphatic heterocycles. The van der Waals surface area contributed by atoms with Gasteiger partial charge in [-0.05, 0) is 61.9 Å². The molecule has 142 valence electrons.